The summed E-state index contributed by atoms with van der Waals surface area (Å²) in [6.07, 6.45) is 5.33. The molecule has 0 radical (unpaired) electrons. The number of piperidine rings is 3. The molecule has 0 spiro atoms. The van der Waals surface area contributed by atoms with Crippen LogP contribution in [0, 0.1) is 17.6 Å². The Morgan fingerprint density at radius 2 is 1.78 bits per heavy atom. The summed E-state index contributed by atoms with van der Waals surface area (Å²) in [7, 11) is 0. The molecule has 1 aromatic carbocycles. The number of hydrogen-bond acceptors (Lipinski definition) is 3. The maximum Gasteiger partial charge on any atom is 0.254 e. The van der Waals surface area contributed by atoms with Crippen molar-refractivity contribution in [1.29, 1.82) is 0 Å². The smallest absolute Gasteiger partial charge is 0.254 e. The average molecular weight is 369 g/mol. The van der Waals surface area contributed by atoms with E-state index in [9.17, 15) is 13.6 Å². The van der Waals surface area contributed by atoms with Gasteiger partial charge in [0.15, 0.2) is 11.6 Å². The van der Waals surface area contributed by atoms with E-state index in [4.69, 9.17) is 0 Å². The third-order valence-electron chi connectivity index (χ3n) is 6.56. The second-order valence-electron chi connectivity index (χ2n) is 7.80. The van der Waals surface area contributed by atoms with Gasteiger partial charge in [0.1, 0.15) is 0 Å². The van der Waals surface area contributed by atoms with Crippen LogP contribution in [0.25, 0.3) is 0 Å². The normalized spacial score (nSPS) is 31.8. The first-order chi connectivity index (χ1) is 13.1. The number of halogens is 2. The standard InChI is InChI=1S/C21H21F2N3O/c22-17-3-1-2-15(18(17)23)16-12-26(21(27)14-4-8-24-9-5-14)19-13-6-10-25(11-7-13)20(16)19/h1-5,8-9,13,16,19-20H,6-7,10-12H2/t16-,19-,20-/m1/s1. The minimum Gasteiger partial charge on any atom is -0.333 e. The second-order valence-corrected chi connectivity index (χ2v) is 7.80. The molecular formula is C21H21F2N3O. The van der Waals surface area contributed by atoms with Crippen molar-refractivity contribution in [2.75, 3.05) is 19.6 Å². The Kier molecular flexibility index (Phi) is 3.97. The lowest BCUT2D eigenvalue weighted by Gasteiger charge is -2.51. The Bertz CT molecular complexity index is 867. The van der Waals surface area contributed by atoms with Gasteiger partial charge >= 0.3 is 0 Å². The minimum atomic E-state index is -0.820. The van der Waals surface area contributed by atoms with E-state index in [0.717, 1.165) is 32.0 Å². The van der Waals surface area contributed by atoms with Gasteiger partial charge in [-0.2, -0.15) is 0 Å². The predicted octanol–water partition coefficient (Wildman–Crippen LogP) is 3.06. The summed E-state index contributed by atoms with van der Waals surface area (Å²) in [5.41, 5.74) is 0.989. The molecular weight excluding hydrogens is 348 g/mol. The minimum absolute atomic E-state index is 0.0412. The van der Waals surface area contributed by atoms with Crippen LogP contribution >= 0.6 is 0 Å². The molecule has 0 saturated carbocycles. The number of rotatable bonds is 2. The molecule has 0 N–H and O–H groups in total. The van der Waals surface area contributed by atoms with Crippen LogP contribution in [0.2, 0.25) is 0 Å². The number of carbonyl (C=O) groups excluding carboxylic acids is 1. The number of pyridine rings is 1. The van der Waals surface area contributed by atoms with Crippen molar-refractivity contribution in [3.63, 3.8) is 0 Å². The maximum absolute atomic E-state index is 14.6. The Morgan fingerprint density at radius 1 is 1.04 bits per heavy atom. The number of fused-ring (bicyclic) bond motifs is 2. The van der Waals surface area contributed by atoms with Crippen LogP contribution in [0.4, 0.5) is 8.78 Å². The summed E-state index contributed by atoms with van der Waals surface area (Å²) in [5.74, 6) is -1.42. The summed E-state index contributed by atoms with van der Waals surface area (Å²) in [6.45, 7) is 2.36. The fourth-order valence-corrected chi connectivity index (χ4v) is 5.39. The molecule has 2 aromatic rings. The molecule has 5 heterocycles. The first kappa shape index (κ1) is 16.8. The Hall–Kier alpha value is -2.34. The van der Waals surface area contributed by atoms with Crippen LogP contribution < -0.4 is 0 Å². The molecule has 1 amide bonds. The predicted molar refractivity (Wildman–Crippen MR) is 96.2 cm³/mol. The van der Waals surface area contributed by atoms with Crippen molar-refractivity contribution in [2.24, 2.45) is 5.92 Å². The SMILES string of the molecule is O=C(c1ccncc1)N1C[C@H](c2cccc(F)c2F)[C@@H]2[C@H]1C1CCN2CC1. The first-order valence-corrected chi connectivity index (χ1v) is 9.54. The Balaban J connectivity index is 1.56. The van der Waals surface area contributed by atoms with E-state index >= 15 is 0 Å². The van der Waals surface area contributed by atoms with Crippen LogP contribution in [-0.2, 0) is 0 Å². The van der Waals surface area contributed by atoms with Gasteiger partial charge in [-0.15, -0.1) is 0 Å². The Morgan fingerprint density at radius 3 is 2.52 bits per heavy atom. The quantitative estimate of drug-likeness (QED) is 0.816. The summed E-state index contributed by atoms with van der Waals surface area (Å²) in [4.78, 5) is 21.5. The van der Waals surface area contributed by atoms with Gasteiger partial charge in [0.25, 0.3) is 5.91 Å². The third-order valence-corrected chi connectivity index (χ3v) is 6.56. The highest BCUT2D eigenvalue weighted by atomic mass is 19.2. The van der Waals surface area contributed by atoms with Gasteiger partial charge in [-0.3, -0.25) is 14.7 Å². The number of aromatic nitrogens is 1. The van der Waals surface area contributed by atoms with Gasteiger partial charge in [-0.25, -0.2) is 8.78 Å². The molecule has 6 rings (SSSR count). The molecule has 3 atom stereocenters. The van der Waals surface area contributed by atoms with E-state index in [1.54, 1.807) is 36.7 Å². The van der Waals surface area contributed by atoms with Crippen molar-refractivity contribution >= 4 is 5.91 Å². The largest absolute Gasteiger partial charge is 0.333 e. The van der Waals surface area contributed by atoms with E-state index < -0.39 is 11.6 Å². The van der Waals surface area contributed by atoms with Gasteiger partial charge in [0, 0.05) is 36.5 Å². The van der Waals surface area contributed by atoms with Crippen LogP contribution in [0.15, 0.2) is 42.7 Å². The van der Waals surface area contributed by atoms with E-state index in [0.29, 0.717) is 23.6 Å². The number of benzene rings is 1. The van der Waals surface area contributed by atoms with Crippen molar-refractivity contribution in [3.8, 4) is 0 Å². The topological polar surface area (TPSA) is 36.4 Å². The van der Waals surface area contributed by atoms with Crippen molar-refractivity contribution in [2.45, 2.75) is 30.8 Å². The molecule has 1 aromatic heterocycles. The maximum atomic E-state index is 14.6. The third kappa shape index (κ3) is 2.57. The zero-order chi connectivity index (χ0) is 18.5. The fraction of sp³-hybridized carbons (Fsp3) is 0.429. The van der Waals surface area contributed by atoms with Gasteiger partial charge in [0.05, 0.1) is 6.04 Å². The number of hydrogen-bond donors (Lipinski definition) is 0. The number of likely N-dealkylation sites (tertiary alicyclic amines) is 1. The number of nitrogens with zero attached hydrogens (tertiary/aromatic N) is 3. The average Bonchev–Trinajstić information content (AvgIpc) is 3.14. The zero-order valence-electron chi connectivity index (χ0n) is 14.9. The van der Waals surface area contributed by atoms with Crippen molar-refractivity contribution < 1.29 is 13.6 Å². The van der Waals surface area contributed by atoms with Crippen LogP contribution in [0.5, 0.6) is 0 Å². The van der Waals surface area contributed by atoms with Crippen LogP contribution in [0.3, 0.4) is 0 Å². The van der Waals surface area contributed by atoms with Gasteiger partial charge in [-0.05, 0) is 55.6 Å². The van der Waals surface area contributed by atoms with Gasteiger partial charge < -0.3 is 4.90 Å². The monoisotopic (exact) mass is 369 g/mol. The van der Waals surface area contributed by atoms with Crippen LogP contribution in [0.1, 0.15) is 34.7 Å². The van der Waals surface area contributed by atoms with E-state index in [-0.39, 0.29) is 23.9 Å². The lowest BCUT2D eigenvalue weighted by molar-refractivity contribution is -0.00359. The molecule has 4 saturated heterocycles. The van der Waals surface area contributed by atoms with E-state index in [1.807, 2.05) is 4.90 Å². The summed E-state index contributed by atoms with van der Waals surface area (Å²) >= 11 is 0. The molecule has 4 nitrogen and oxygen atoms in total. The lowest BCUT2D eigenvalue weighted by Crippen LogP contribution is -2.60. The highest BCUT2D eigenvalue weighted by Gasteiger charge is 2.55. The first-order valence-electron chi connectivity index (χ1n) is 9.54. The van der Waals surface area contributed by atoms with Crippen molar-refractivity contribution in [3.05, 3.63) is 65.5 Å². The van der Waals surface area contributed by atoms with E-state index in [2.05, 4.69) is 9.88 Å². The van der Waals surface area contributed by atoms with Gasteiger partial charge in [-0.1, -0.05) is 12.1 Å². The number of amides is 1. The highest BCUT2D eigenvalue weighted by molar-refractivity contribution is 5.94. The molecule has 140 valence electrons. The highest BCUT2D eigenvalue weighted by Crippen LogP contribution is 2.47. The molecule has 6 heteroatoms. The molecule has 2 bridgehead atoms. The van der Waals surface area contributed by atoms with E-state index in [1.165, 1.54) is 0 Å². The second kappa shape index (κ2) is 6.37. The zero-order valence-corrected chi connectivity index (χ0v) is 14.9. The summed E-state index contributed by atoms with van der Waals surface area (Å²) in [6, 6.07) is 7.93. The Labute approximate surface area is 156 Å². The molecule has 27 heavy (non-hydrogen) atoms. The van der Waals surface area contributed by atoms with Crippen LogP contribution in [-0.4, -0.2) is 52.4 Å². The molecule has 4 aliphatic heterocycles. The lowest BCUT2D eigenvalue weighted by atomic mass is 9.75. The summed E-state index contributed by atoms with van der Waals surface area (Å²) < 4.78 is 28.5. The van der Waals surface area contributed by atoms with Crippen molar-refractivity contribution in [1.82, 2.24) is 14.8 Å². The molecule has 4 aliphatic rings. The molecule has 0 aliphatic carbocycles. The molecule has 4 fully saturated rings. The van der Waals surface area contributed by atoms with Gasteiger partial charge in [0.2, 0.25) is 0 Å². The number of carbonyl (C=O) groups is 1. The fourth-order valence-electron chi connectivity index (χ4n) is 5.39. The molecule has 0 unspecified atom stereocenters. The summed E-state index contributed by atoms with van der Waals surface area (Å²) in [5, 5.41) is 0.